The molecular formula is C24H27N3O3. The van der Waals surface area contributed by atoms with E-state index in [1.165, 1.54) is 5.56 Å². The van der Waals surface area contributed by atoms with Gasteiger partial charge in [0.2, 0.25) is 0 Å². The Morgan fingerprint density at radius 3 is 2.13 bits per heavy atom. The zero-order valence-corrected chi connectivity index (χ0v) is 17.5. The second-order valence-corrected chi connectivity index (χ2v) is 7.72. The lowest BCUT2D eigenvalue weighted by molar-refractivity contribution is -0.134. The summed E-state index contributed by atoms with van der Waals surface area (Å²) >= 11 is 0. The molecule has 6 heteroatoms. The van der Waals surface area contributed by atoms with Crippen LogP contribution in [0.3, 0.4) is 0 Å². The van der Waals surface area contributed by atoms with E-state index >= 15 is 0 Å². The minimum absolute atomic E-state index is 0.00566. The maximum absolute atomic E-state index is 12.7. The van der Waals surface area contributed by atoms with Crippen molar-refractivity contribution >= 4 is 11.8 Å². The average Bonchev–Trinajstić information content (AvgIpc) is 2.78. The molecule has 0 radical (unpaired) electrons. The van der Waals surface area contributed by atoms with Gasteiger partial charge in [0.05, 0.1) is 12.5 Å². The maximum atomic E-state index is 12.7. The van der Waals surface area contributed by atoms with E-state index in [0.29, 0.717) is 49.8 Å². The van der Waals surface area contributed by atoms with Crippen molar-refractivity contribution in [1.29, 1.82) is 5.26 Å². The number of carbonyl (C=O) groups is 2. The zero-order chi connectivity index (χ0) is 21.5. The van der Waals surface area contributed by atoms with Gasteiger partial charge >= 0.3 is 0 Å². The van der Waals surface area contributed by atoms with E-state index in [9.17, 15) is 9.59 Å². The molecular weight excluding hydrogens is 378 g/mol. The molecule has 3 rings (SSSR count). The number of rotatable bonds is 6. The molecule has 0 N–H and O–H groups in total. The molecule has 1 heterocycles. The highest BCUT2D eigenvalue weighted by Gasteiger charge is 2.25. The standard InChI is InChI=1S/C24H27N3O3/c1-18(2)20-5-7-21(8-6-20)24(29)27-15-13-26(14-16-27)23(28)17-30-22-9-3-19(4-10-22)11-12-25/h3-10,18H,11,13-17H2,1-2H3. The van der Waals surface area contributed by atoms with Gasteiger partial charge in [0.15, 0.2) is 6.61 Å². The molecule has 0 aliphatic carbocycles. The van der Waals surface area contributed by atoms with Crippen LogP contribution >= 0.6 is 0 Å². The Kier molecular flexibility index (Phi) is 7.08. The molecule has 2 amide bonds. The summed E-state index contributed by atoms with van der Waals surface area (Å²) in [6.07, 6.45) is 0.351. The van der Waals surface area contributed by atoms with Crippen LogP contribution in [0.15, 0.2) is 48.5 Å². The highest BCUT2D eigenvalue weighted by atomic mass is 16.5. The predicted molar refractivity (Wildman–Crippen MR) is 114 cm³/mol. The molecule has 0 spiro atoms. The Bertz CT molecular complexity index is 906. The van der Waals surface area contributed by atoms with Crippen LogP contribution in [0.1, 0.15) is 41.3 Å². The lowest BCUT2D eigenvalue weighted by Crippen LogP contribution is -2.51. The molecule has 2 aromatic carbocycles. The molecule has 0 unspecified atom stereocenters. The van der Waals surface area contributed by atoms with Crippen molar-refractivity contribution in [3.05, 3.63) is 65.2 Å². The lowest BCUT2D eigenvalue weighted by atomic mass is 10.0. The molecule has 0 atom stereocenters. The van der Waals surface area contributed by atoms with Crippen molar-refractivity contribution in [3.8, 4) is 11.8 Å². The van der Waals surface area contributed by atoms with Gasteiger partial charge in [-0.15, -0.1) is 0 Å². The maximum Gasteiger partial charge on any atom is 0.260 e. The third kappa shape index (κ3) is 5.38. The lowest BCUT2D eigenvalue weighted by Gasteiger charge is -2.34. The summed E-state index contributed by atoms with van der Waals surface area (Å²) in [7, 11) is 0. The first-order valence-electron chi connectivity index (χ1n) is 10.2. The van der Waals surface area contributed by atoms with Gasteiger partial charge in [0.1, 0.15) is 5.75 Å². The van der Waals surface area contributed by atoms with Crippen LogP contribution in [0.4, 0.5) is 0 Å². The van der Waals surface area contributed by atoms with Crippen LogP contribution in [0, 0.1) is 11.3 Å². The molecule has 0 aromatic heterocycles. The first-order chi connectivity index (χ1) is 14.5. The van der Waals surface area contributed by atoms with Gasteiger partial charge < -0.3 is 14.5 Å². The minimum atomic E-state index is -0.0931. The van der Waals surface area contributed by atoms with Crippen LogP contribution in [0.5, 0.6) is 5.75 Å². The van der Waals surface area contributed by atoms with Crippen molar-refractivity contribution in [1.82, 2.24) is 9.80 Å². The summed E-state index contributed by atoms with van der Waals surface area (Å²) in [5.74, 6) is 0.945. The summed E-state index contributed by atoms with van der Waals surface area (Å²) in [4.78, 5) is 28.7. The fourth-order valence-corrected chi connectivity index (χ4v) is 3.38. The SMILES string of the molecule is CC(C)c1ccc(C(=O)N2CCN(C(=O)COc3ccc(CC#N)cc3)CC2)cc1. The fourth-order valence-electron chi connectivity index (χ4n) is 3.38. The van der Waals surface area contributed by atoms with E-state index in [4.69, 9.17) is 10.00 Å². The molecule has 1 aliphatic rings. The number of nitrogens with zero attached hydrogens (tertiary/aromatic N) is 3. The van der Waals surface area contributed by atoms with E-state index in [0.717, 1.165) is 5.56 Å². The largest absolute Gasteiger partial charge is 0.484 e. The Morgan fingerprint density at radius 2 is 1.57 bits per heavy atom. The third-order valence-corrected chi connectivity index (χ3v) is 5.31. The summed E-state index contributed by atoms with van der Waals surface area (Å²) in [6, 6.07) is 17.0. The summed E-state index contributed by atoms with van der Waals surface area (Å²) in [5, 5.41) is 8.70. The number of hydrogen-bond acceptors (Lipinski definition) is 4. The Morgan fingerprint density at radius 1 is 0.967 bits per heavy atom. The van der Waals surface area contributed by atoms with Crippen molar-refractivity contribution in [2.45, 2.75) is 26.2 Å². The second-order valence-electron chi connectivity index (χ2n) is 7.72. The molecule has 0 bridgehead atoms. The van der Waals surface area contributed by atoms with Crippen molar-refractivity contribution < 1.29 is 14.3 Å². The molecule has 2 aromatic rings. The first kappa shape index (κ1) is 21.4. The molecule has 0 saturated carbocycles. The first-order valence-corrected chi connectivity index (χ1v) is 10.2. The van der Waals surface area contributed by atoms with Crippen molar-refractivity contribution in [3.63, 3.8) is 0 Å². The van der Waals surface area contributed by atoms with E-state index in [1.807, 2.05) is 36.4 Å². The highest BCUT2D eigenvalue weighted by molar-refractivity contribution is 5.94. The van der Waals surface area contributed by atoms with Gasteiger partial charge in [-0.3, -0.25) is 9.59 Å². The summed E-state index contributed by atoms with van der Waals surface area (Å²) < 4.78 is 5.57. The van der Waals surface area contributed by atoms with E-state index in [-0.39, 0.29) is 18.4 Å². The van der Waals surface area contributed by atoms with Gasteiger partial charge in [-0.05, 0) is 41.3 Å². The van der Waals surface area contributed by atoms with Gasteiger partial charge in [0, 0.05) is 31.7 Å². The van der Waals surface area contributed by atoms with Gasteiger partial charge in [-0.25, -0.2) is 0 Å². The molecule has 1 fully saturated rings. The number of carbonyl (C=O) groups excluding carboxylic acids is 2. The Hall–Kier alpha value is -3.33. The number of benzene rings is 2. The van der Waals surface area contributed by atoms with Crippen molar-refractivity contribution in [2.24, 2.45) is 0 Å². The Balaban J connectivity index is 1.46. The van der Waals surface area contributed by atoms with Crippen molar-refractivity contribution in [2.75, 3.05) is 32.8 Å². The van der Waals surface area contributed by atoms with Gasteiger partial charge in [-0.1, -0.05) is 38.1 Å². The van der Waals surface area contributed by atoms with Crippen LogP contribution in [-0.4, -0.2) is 54.4 Å². The zero-order valence-electron chi connectivity index (χ0n) is 17.5. The van der Waals surface area contributed by atoms with Crippen LogP contribution in [-0.2, 0) is 11.2 Å². The minimum Gasteiger partial charge on any atom is -0.484 e. The molecule has 1 saturated heterocycles. The molecule has 30 heavy (non-hydrogen) atoms. The monoisotopic (exact) mass is 405 g/mol. The van der Waals surface area contributed by atoms with Gasteiger partial charge in [-0.2, -0.15) is 5.26 Å². The van der Waals surface area contributed by atoms with Crippen LogP contribution in [0.25, 0.3) is 0 Å². The smallest absolute Gasteiger partial charge is 0.260 e. The Labute approximate surface area is 177 Å². The fraction of sp³-hybridized carbons (Fsp3) is 0.375. The summed E-state index contributed by atoms with van der Waals surface area (Å²) in [6.45, 7) is 6.24. The number of piperazine rings is 1. The predicted octanol–water partition coefficient (Wildman–Crippen LogP) is 3.24. The molecule has 156 valence electrons. The average molecular weight is 405 g/mol. The molecule has 1 aliphatic heterocycles. The van der Waals surface area contributed by atoms with E-state index < -0.39 is 0 Å². The molecule has 6 nitrogen and oxygen atoms in total. The van der Waals surface area contributed by atoms with Gasteiger partial charge in [0.25, 0.3) is 11.8 Å². The second kappa shape index (κ2) is 9.93. The number of nitriles is 1. The topological polar surface area (TPSA) is 73.6 Å². The summed E-state index contributed by atoms with van der Waals surface area (Å²) in [5.41, 5.74) is 2.81. The number of ether oxygens (including phenoxy) is 1. The van der Waals surface area contributed by atoms with E-state index in [2.05, 4.69) is 19.9 Å². The number of amides is 2. The number of hydrogen-bond donors (Lipinski definition) is 0. The van der Waals surface area contributed by atoms with Crippen LogP contribution < -0.4 is 4.74 Å². The highest BCUT2D eigenvalue weighted by Crippen LogP contribution is 2.17. The third-order valence-electron chi connectivity index (χ3n) is 5.31. The van der Waals surface area contributed by atoms with E-state index in [1.54, 1.807) is 21.9 Å². The quantitative estimate of drug-likeness (QED) is 0.740. The normalized spacial score (nSPS) is 13.8. The van der Waals surface area contributed by atoms with Crippen LogP contribution in [0.2, 0.25) is 0 Å².